The molecule has 0 spiro atoms. The van der Waals surface area contributed by atoms with Gasteiger partial charge in [0.2, 0.25) is 11.8 Å². The maximum absolute atomic E-state index is 13.2. The first-order valence-electron chi connectivity index (χ1n) is 10.8. The molecule has 1 aliphatic heterocycles. The first-order valence-corrected chi connectivity index (χ1v) is 10.8. The molecule has 35 heavy (non-hydrogen) atoms. The Kier molecular flexibility index (Phi) is 7.49. The summed E-state index contributed by atoms with van der Waals surface area (Å²) in [5, 5.41) is 5.42. The van der Waals surface area contributed by atoms with Crippen LogP contribution in [0, 0.1) is 0 Å². The normalized spacial score (nSPS) is 21.5. The van der Waals surface area contributed by atoms with E-state index in [0.29, 0.717) is 17.7 Å². The van der Waals surface area contributed by atoms with E-state index in [9.17, 15) is 35.9 Å². The van der Waals surface area contributed by atoms with Gasteiger partial charge in [0, 0.05) is 12.8 Å². The molecule has 190 valence electrons. The molecule has 11 heteroatoms. The highest BCUT2D eigenvalue weighted by Crippen LogP contribution is 2.39. The van der Waals surface area contributed by atoms with Crippen LogP contribution in [0.15, 0.2) is 48.5 Å². The van der Waals surface area contributed by atoms with Gasteiger partial charge in [-0.15, -0.1) is 0 Å². The van der Waals surface area contributed by atoms with E-state index in [1.807, 2.05) is 0 Å². The molecule has 0 bridgehead atoms. The molecule has 2 aromatic rings. The second-order valence-electron chi connectivity index (χ2n) is 8.41. The van der Waals surface area contributed by atoms with E-state index in [4.69, 9.17) is 4.74 Å². The van der Waals surface area contributed by atoms with Crippen molar-refractivity contribution in [1.29, 1.82) is 0 Å². The van der Waals surface area contributed by atoms with Crippen LogP contribution >= 0.6 is 0 Å². The Labute approximate surface area is 197 Å². The summed E-state index contributed by atoms with van der Waals surface area (Å²) in [6.45, 7) is 2.71. The Hall–Kier alpha value is -3.08. The van der Waals surface area contributed by atoms with Crippen molar-refractivity contribution >= 4 is 11.8 Å². The van der Waals surface area contributed by atoms with Gasteiger partial charge >= 0.3 is 12.4 Å². The van der Waals surface area contributed by atoms with Crippen LogP contribution in [0.2, 0.25) is 0 Å². The number of hydrogen-bond donors (Lipinski definition) is 2. The number of hydrogen-bond acceptors (Lipinski definition) is 3. The van der Waals surface area contributed by atoms with Gasteiger partial charge in [-0.3, -0.25) is 9.59 Å². The zero-order valence-corrected chi connectivity index (χ0v) is 18.9. The zero-order chi connectivity index (χ0) is 26.0. The van der Waals surface area contributed by atoms with Gasteiger partial charge < -0.3 is 15.4 Å². The number of carbonyl (C=O) groups is 2. The van der Waals surface area contributed by atoms with Crippen molar-refractivity contribution in [3.05, 3.63) is 70.8 Å². The molecule has 2 aromatic carbocycles. The van der Waals surface area contributed by atoms with E-state index in [-0.39, 0.29) is 37.0 Å². The van der Waals surface area contributed by atoms with Gasteiger partial charge in [0.25, 0.3) is 0 Å². The Bertz CT molecular complexity index is 1040. The maximum atomic E-state index is 13.2. The molecule has 1 saturated heterocycles. The van der Waals surface area contributed by atoms with E-state index < -0.39 is 47.1 Å². The quantitative estimate of drug-likeness (QED) is 0.517. The lowest BCUT2D eigenvalue weighted by Crippen LogP contribution is -2.43. The lowest BCUT2D eigenvalue weighted by atomic mass is 9.88. The number of halogens is 6. The average Bonchev–Trinajstić information content (AvgIpc) is 3.12. The van der Waals surface area contributed by atoms with Crippen LogP contribution in [0.3, 0.4) is 0 Å². The predicted octanol–water partition coefficient (Wildman–Crippen LogP) is 5.11. The number of benzene rings is 2. The molecule has 2 N–H and O–H groups in total. The monoisotopic (exact) mass is 502 g/mol. The van der Waals surface area contributed by atoms with E-state index in [1.54, 1.807) is 37.3 Å². The number of nitrogens with one attached hydrogen (secondary N) is 2. The molecular weight excluding hydrogens is 478 g/mol. The summed E-state index contributed by atoms with van der Waals surface area (Å²) in [4.78, 5) is 24.4. The third-order valence-electron chi connectivity index (χ3n) is 5.87. The Morgan fingerprint density at radius 1 is 1.09 bits per heavy atom. The third kappa shape index (κ3) is 6.14. The van der Waals surface area contributed by atoms with Crippen LogP contribution in [0.25, 0.3) is 0 Å². The summed E-state index contributed by atoms with van der Waals surface area (Å²) in [7, 11) is 0. The minimum Gasteiger partial charge on any atom is -0.371 e. The highest BCUT2D eigenvalue weighted by molar-refractivity contribution is 5.90. The fourth-order valence-electron chi connectivity index (χ4n) is 3.93. The minimum atomic E-state index is -4.98. The van der Waals surface area contributed by atoms with Gasteiger partial charge in [0.1, 0.15) is 6.04 Å². The molecule has 5 nitrogen and oxygen atoms in total. The summed E-state index contributed by atoms with van der Waals surface area (Å²) >= 11 is 0. The molecule has 1 aliphatic rings. The van der Waals surface area contributed by atoms with Crippen molar-refractivity contribution in [2.24, 2.45) is 0 Å². The van der Waals surface area contributed by atoms with Crippen LogP contribution in [-0.2, 0) is 32.2 Å². The van der Waals surface area contributed by atoms with Crippen LogP contribution in [0.1, 0.15) is 55.0 Å². The predicted molar refractivity (Wildman–Crippen MR) is 114 cm³/mol. The highest BCUT2D eigenvalue weighted by atomic mass is 19.4. The smallest absolute Gasteiger partial charge is 0.371 e. The average molecular weight is 502 g/mol. The van der Waals surface area contributed by atoms with Crippen molar-refractivity contribution in [3.63, 3.8) is 0 Å². The molecule has 0 unspecified atom stereocenters. The van der Waals surface area contributed by atoms with Crippen LogP contribution < -0.4 is 10.6 Å². The third-order valence-corrected chi connectivity index (χ3v) is 5.87. The van der Waals surface area contributed by atoms with E-state index in [0.717, 1.165) is 0 Å². The van der Waals surface area contributed by atoms with Crippen molar-refractivity contribution in [1.82, 2.24) is 10.6 Å². The van der Waals surface area contributed by atoms with Crippen molar-refractivity contribution in [3.8, 4) is 0 Å². The molecule has 3 rings (SSSR count). The topological polar surface area (TPSA) is 67.4 Å². The SMILES string of the molecule is CCC(=O)N[C@H]1C[C@@](CO[C@H](C)c2cc(C(F)(F)F)cc(C(F)(F)F)c2)(c2ccccc2)NC1=O. The molecule has 1 heterocycles. The van der Waals surface area contributed by atoms with Gasteiger partial charge in [-0.25, -0.2) is 0 Å². The summed E-state index contributed by atoms with van der Waals surface area (Å²) in [6, 6.07) is 9.02. The molecule has 0 aliphatic carbocycles. The largest absolute Gasteiger partial charge is 0.416 e. The Morgan fingerprint density at radius 2 is 1.66 bits per heavy atom. The zero-order valence-electron chi connectivity index (χ0n) is 18.9. The lowest BCUT2D eigenvalue weighted by molar-refractivity contribution is -0.143. The van der Waals surface area contributed by atoms with Gasteiger partial charge in [0.15, 0.2) is 0 Å². The highest BCUT2D eigenvalue weighted by Gasteiger charge is 2.46. The fourth-order valence-corrected chi connectivity index (χ4v) is 3.93. The van der Waals surface area contributed by atoms with Gasteiger partial charge in [-0.05, 0) is 36.2 Å². The van der Waals surface area contributed by atoms with Crippen molar-refractivity contribution in [2.45, 2.75) is 56.7 Å². The first-order chi connectivity index (χ1) is 16.2. The fraction of sp³-hybridized carbons (Fsp3) is 0.417. The first kappa shape index (κ1) is 26.5. The van der Waals surface area contributed by atoms with Gasteiger partial charge in [-0.1, -0.05) is 37.3 Å². The van der Waals surface area contributed by atoms with Crippen LogP contribution in [0.4, 0.5) is 26.3 Å². The summed E-state index contributed by atoms with van der Waals surface area (Å²) in [6.07, 6.45) is -10.9. The van der Waals surface area contributed by atoms with Gasteiger partial charge in [0.05, 0.1) is 29.4 Å². The van der Waals surface area contributed by atoms with Crippen LogP contribution in [-0.4, -0.2) is 24.5 Å². The minimum absolute atomic E-state index is 0.0554. The molecule has 0 aromatic heterocycles. The lowest BCUT2D eigenvalue weighted by Gasteiger charge is -2.31. The van der Waals surface area contributed by atoms with E-state index in [2.05, 4.69) is 10.6 Å². The number of alkyl halides is 6. The van der Waals surface area contributed by atoms with Crippen molar-refractivity contribution in [2.75, 3.05) is 6.61 Å². The molecule has 0 saturated carbocycles. The molecule has 0 radical (unpaired) electrons. The Balaban J connectivity index is 1.90. The molecular formula is C24H24F6N2O3. The summed E-state index contributed by atoms with van der Waals surface area (Å²) in [5.41, 5.74) is -3.71. The van der Waals surface area contributed by atoms with Crippen molar-refractivity contribution < 1.29 is 40.7 Å². The molecule has 2 amide bonds. The second kappa shape index (κ2) is 9.88. The number of amides is 2. The molecule has 1 fully saturated rings. The standard InChI is InChI=1S/C24H24F6N2O3/c1-3-20(33)31-19-12-22(32-21(19)34,16-7-5-4-6-8-16)13-35-14(2)15-9-17(23(25,26)27)11-18(10-15)24(28,29)30/h4-11,14,19H,3,12-13H2,1-2H3,(H,31,33)(H,32,34)/t14-,19+,22-/m1/s1. The summed E-state index contributed by atoms with van der Waals surface area (Å²) < 4.78 is 85.2. The van der Waals surface area contributed by atoms with E-state index in [1.165, 1.54) is 6.92 Å². The number of ether oxygens (including phenoxy) is 1. The number of rotatable bonds is 7. The second-order valence-corrected chi connectivity index (χ2v) is 8.41. The Morgan fingerprint density at radius 3 is 2.17 bits per heavy atom. The van der Waals surface area contributed by atoms with Gasteiger partial charge in [-0.2, -0.15) is 26.3 Å². The number of carbonyl (C=O) groups excluding carboxylic acids is 2. The van der Waals surface area contributed by atoms with Crippen LogP contribution in [0.5, 0.6) is 0 Å². The van der Waals surface area contributed by atoms with E-state index >= 15 is 0 Å². The maximum Gasteiger partial charge on any atom is 0.416 e. The summed E-state index contributed by atoms with van der Waals surface area (Å²) in [5.74, 6) is -0.808. The molecule has 3 atom stereocenters.